The van der Waals surface area contributed by atoms with Crippen LogP contribution in [0.5, 0.6) is 5.88 Å². The Balaban J connectivity index is 0.00000480. The topological polar surface area (TPSA) is 157 Å². The van der Waals surface area contributed by atoms with Crippen molar-refractivity contribution < 1.29 is 27.6 Å². The van der Waals surface area contributed by atoms with Crippen molar-refractivity contribution in [2.24, 2.45) is 5.41 Å². The standard InChI is InChI=1S/C33H39N5O6S.ClH/c1-20-8-6-9-21(2)30(20)28-16-29(36-32(35-28)38-45(41,42)26-11-7-10-23(14-26)31(39)40)43-19-24(17-33(3,4)5)34-18-25-15-27(37-44-25)22-12-13-22;/h6-11,14-16,22,24,34H,12-13,17-19H2,1-5H3,(H,39,40)(H,35,36,38);1H/t24-;/m1./s1. The number of halogens is 1. The minimum atomic E-state index is -4.22. The number of carboxylic acids is 1. The van der Waals surface area contributed by atoms with E-state index in [0.717, 1.165) is 53.5 Å². The summed E-state index contributed by atoms with van der Waals surface area (Å²) in [4.78, 5) is 20.2. The average molecular weight is 670 g/mol. The summed E-state index contributed by atoms with van der Waals surface area (Å²) in [5.74, 6) is 0.0317. The van der Waals surface area contributed by atoms with Gasteiger partial charge in [-0.3, -0.25) is 0 Å². The quantitative estimate of drug-likeness (QED) is 0.143. The summed E-state index contributed by atoms with van der Waals surface area (Å²) in [7, 11) is -4.22. The van der Waals surface area contributed by atoms with Crippen LogP contribution >= 0.6 is 12.4 Å². The fraction of sp³-hybridized carbons (Fsp3) is 0.394. The Hall–Kier alpha value is -4.00. The van der Waals surface area contributed by atoms with Crippen LogP contribution in [0.1, 0.15) is 78.9 Å². The Morgan fingerprint density at radius 3 is 2.41 bits per heavy atom. The van der Waals surface area contributed by atoms with Crippen LogP contribution in [0.15, 0.2) is 64.0 Å². The molecule has 2 heterocycles. The number of ether oxygens (including phenoxy) is 1. The zero-order chi connectivity index (χ0) is 32.4. The van der Waals surface area contributed by atoms with E-state index in [2.05, 4.69) is 45.9 Å². The van der Waals surface area contributed by atoms with Crippen LogP contribution in [0.2, 0.25) is 0 Å². The van der Waals surface area contributed by atoms with E-state index in [4.69, 9.17) is 9.26 Å². The lowest BCUT2D eigenvalue weighted by Crippen LogP contribution is -2.37. The van der Waals surface area contributed by atoms with Gasteiger partial charge in [-0.1, -0.05) is 50.2 Å². The van der Waals surface area contributed by atoms with Gasteiger partial charge >= 0.3 is 5.97 Å². The minimum Gasteiger partial charge on any atom is -0.478 e. The fourth-order valence-corrected chi connectivity index (χ4v) is 6.20. The lowest BCUT2D eigenvalue weighted by atomic mass is 9.88. The Kier molecular flexibility index (Phi) is 10.8. The van der Waals surface area contributed by atoms with Crippen molar-refractivity contribution in [1.82, 2.24) is 20.4 Å². The van der Waals surface area contributed by atoms with Gasteiger partial charge in [0.1, 0.15) is 6.61 Å². The van der Waals surface area contributed by atoms with Gasteiger partial charge in [-0.15, -0.1) is 12.4 Å². The molecule has 2 aromatic carbocycles. The van der Waals surface area contributed by atoms with Crippen LogP contribution < -0.4 is 14.8 Å². The molecule has 4 aromatic rings. The van der Waals surface area contributed by atoms with Gasteiger partial charge in [0.2, 0.25) is 11.8 Å². The molecule has 0 aliphatic heterocycles. The predicted molar refractivity (Wildman–Crippen MR) is 177 cm³/mol. The number of hydrogen-bond donors (Lipinski definition) is 3. The van der Waals surface area contributed by atoms with E-state index in [9.17, 15) is 18.3 Å². The third kappa shape index (κ3) is 9.05. The summed E-state index contributed by atoms with van der Waals surface area (Å²) in [5.41, 5.74) is 4.06. The number of nitrogens with one attached hydrogen (secondary N) is 2. The van der Waals surface area contributed by atoms with E-state index in [0.29, 0.717) is 18.2 Å². The number of carbonyl (C=O) groups is 1. The Morgan fingerprint density at radius 1 is 1.07 bits per heavy atom. The van der Waals surface area contributed by atoms with E-state index < -0.39 is 16.0 Å². The molecular weight excluding hydrogens is 630 g/mol. The second kappa shape index (κ2) is 14.2. The molecule has 0 amide bonds. The number of sulfonamides is 1. The molecule has 0 unspecified atom stereocenters. The first-order chi connectivity index (χ1) is 21.3. The van der Waals surface area contributed by atoms with Crippen molar-refractivity contribution in [2.75, 3.05) is 11.3 Å². The lowest BCUT2D eigenvalue weighted by Gasteiger charge is -2.26. The molecule has 5 rings (SSSR count). The third-order valence-electron chi connectivity index (χ3n) is 7.49. The number of rotatable bonds is 13. The van der Waals surface area contributed by atoms with Crippen molar-refractivity contribution in [3.8, 4) is 17.1 Å². The highest BCUT2D eigenvalue weighted by molar-refractivity contribution is 7.92. The first-order valence-electron chi connectivity index (χ1n) is 14.9. The molecule has 13 heteroatoms. The van der Waals surface area contributed by atoms with Crippen molar-refractivity contribution in [1.29, 1.82) is 0 Å². The molecule has 1 atom stereocenters. The Bertz CT molecular complexity index is 1780. The van der Waals surface area contributed by atoms with Gasteiger partial charge in [-0.2, -0.15) is 4.98 Å². The average Bonchev–Trinajstić information content (AvgIpc) is 3.71. The molecule has 0 saturated heterocycles. The first-order valence-corrected chi connectivity index (χ1v) is 16.4. The molecule has 1 saturated carbocycles. The van der Waals surface area contributed by atoms with E-state index in [1.165, 1.54) is 18.2 Å². The van der Waals surface area contributed by atoms with Crippen LogP contribution in [0, 0.1) is 19.3 Å². The molecule has 0 spiro atoms. The molecular formula is C33H40ClN5O6S. The van der Waals surface area contributed by atoms with Crippen LogP contribution in [-0.2, 0) is 16.6 Å². The van der Waals surface area contributed by atoms with Crippen LogP contribution in [0.4, 0.5) is 5.95 Å². The minimum absolute atomic E-state index is 0. The number of aromatic nitrogens is 3. The van der Waals surface area contributed by atoms with E-state index in [-0.39, 0.29) is 52.8 Å². The van der Waals surface area contributed by atoms with E-state index in [1.54, 1.807) is 6.07 Å². The Morgan fingerprint density at radius 2 is 1.76 bits per heavy atom. The summed E-state index contributed by atoms with van der Waals surface area (Å²) in [6.45, 7) is 11.1. The summed E-state index contributed by atoms with van der Waals surface area (Å²) >= 11 is 0. The predicted octanol–water partition coefficient (Wildman–Crippen LogP) is 6.52. The monoisotopic (exact) mass is 669 g/mol. The van der Waals surface area contributed by atoms with Crippen molar-refractivity contribution in [3.05, 3.63) is 82.7 Å². The second-order valence-electron chi connectivity index (χ2n) is 12.8. The molecule has 246 valence electrons. The Labute approximate surface area is 275 Å². The number of anilines is 1. The van der Waals surface area contributed by atoms with Crippen molar-refractivity contribution in [3.63, 3.8) is 0 Å². The first kappa shape index (κ1) is 34.9. The third-order valence-corrected chi connectivity index (χ3v) is 8.81. The summed E-state index contributed by atoms with van der Waals surface area (Å²) in [6, 6.07) is 14.6. The molecule has 11 nitrogen and oxygen atoms in total. The number of aryl methyl sites for hydroxylation is 2. The zero-order valence-corrected chi connectivity index (χ0v) is 28.2. The number of hydrogen-bond acceptors (Lipinski definition) is 9. The van der Waals surface area contributed by atoms with Gasteiger partial charge < -0.3 is 19.7 Å². The van der Waals surface area contributed by atoms with Gasteiger partial charge in [0.15, 0.2) is 5.76 Å². The van der Waals surface area contributed by atoms with Crippen LogP contribution in [0.3, 0.4) is 0 Å². The molecule has 1 aliphatic rings. The highest BCUT2D eigenvalue weighted by Crippen LogP contribution is 2.39. The van der Waals surface area contributed by atoms with Gasteiger partial charge in [0, 0.05) is 29.7 Å². The largest absolute Gasteiger partial charge is 0.478 e. The summed E-state index contributed by atoms with van der Waals surface area (Å²) in [5, 5.41) is 17.1. The van der Waals surface area contributed by atoms with Gasteiger partial charge in [0.25, 0.3) is 10.0 Å². The molecule has 1 fully saturated rings. The highest BCUT2D eigenvalue weighted by Gasteiger charge is 2.27. The molecule has 3 N–H and O–H groups in total. The second-order valence-corrected chi connectivity index (χ2v) is 14.4. The SMILES string of the molecule is Cc1cccc(C)c1-c1cc(OC[C@@H](CC(C)(C)C)NCc2cc(C3CC3)no2)nc(NS(=O)(=O)c2cccc(C(=O)O)c2)n1.Cl. The maximum absolute atomic E-state index is 13.3. The van der Waals surface area contributed by atoms with Crippen molar-refractivity contribution >= 4 is 34.3 Å². The smallest absolute Gasteiger partial charge is 0.335 e. The fourth-order valence-electron chi connectivity index (χ4n) is 5.21. The van der Waals surface area contributed by atoms with E-state index >= 15 is 0 Å². The van der Waals surface area contributed by atoms with Crippen LogP contribution in [0.25, 0.3) is 11.3 Å². The van der Waals surface area contributed by atoms with Crippen molar-refractivity contribution in [2.45, 2.75) is 77.3 Å². The molecule has 2 aromatic heterocycles. The number of aromatic carboxylic acids is 1. The van der Waals surface area contributed by atoms with Gasteiger partial charge in [-0.05, 0) is 67.9 Å². The summed E-state index contributed by atoms with van der Waals surface area (Å²) in [6.07, 6.45) is 3.08. The maximum atomic E-state index is 13.3. The molecule has 46 heavy (non-hydrogen) atoms. The molecule has 1 aliphatic carbocycles. The molecule has 0 radical (unpaired) electrons. The molecule has 0 bridgehead atoms. The normalized spacial score (nSPS) is 13.9. The highest BCUT2D eigenvalue weighted by atomic mass is 35.5. The number of carboxylic acid groups (broad SMARTS) is 1. The lowest BCUT2D eigenvalue weighted by molar-refractivity contribution is 0.0696. The maximum Gasteiger partial charge on any atom is 0.335 e. The van der Waals surface area contributed by atoms with Crippen LogP contribution in [-0.4, -0.2) is 47.3 Å². The number of nitrogens with zero attached hydrogens (tertiary/aromatic N) is 3. The number of benzene rings is 2. The zero-order valence-electron chi connectivity index (χ0n) is 26.5. The van der Waals surface area contributed by atoms with Gasteiger partial charge in [-0.25, -0.2) is 22.9 Å². The van der Waals surface area contributed by atoms with E-state index in [1.807, 2.05) is 38.1 Å². The summed E-state index contributed by atoms with van der Waals surface area (Å²) < 4.78 is 40.8. The van der Waals surface area contributed by atoms with Gasteiger partial charge in [0.05, 0.1) is 28.4 Å².